The summed E-state index contributed by atoms with van der Waals surface area (Å²) < 4.78 is 34.5. The highest BCUT2D eigenvalue weighted by molar-refractivity contribution is 5.76. The first kappa shape index (κ1) is 97.5. The van der Waals surface area contributed by atoms with Crippen molar-refractivity contribution in [3.05, 3.63) is 24.3 Å². The fraction of sp³-hybridized carbons (Fsp3) is 0.942. The zero-order valence-corrected chi connectivity index (χ0v) is 66.7. The number of nitrogens with one attached hydrogen (secondary N) is 1. The number of ether oxygens (including phenoxy) is 6. The van der Waals surface area contributed by atoms with E-state index in [1.54, 1.807) is 6.08 Å². The van der Waals surface area contributed by atoms with Gasteiger partial charge in [0, 0.05) is 6.42 Å². The van der Waals surface area contributed by atoms with Crippen LogP contribution in [-0.4, -0.2) is 193 Å². The van der Waals surface area contributed by atoms with E-state index in [-0.39, 0.29) is 18.9 Å². The number of amides is 1. The lowest BCUT2D eigenvalue weighted by molar-refractivity contribution is -0.379. The normalized spacial score (nSPS) is 25.8. The molecule has 0 aromatic rings. The van der Waals surface area contributed by atoms with Gasteiger partial charge in [0.05, 0.1) is 38.6 Å². The number of allylic oxidation sites excluding steroid dienone is 3. The topological polar surface area (TPSA) is 307 Å². The first-order chi connectivity index (χ1) is 51.3. The maximum absolute atomic E-state index is 13.5. The molecule has 19 heteroatoms. The number of rotatable bonds is 72. The fourth-order valence-corrected chi connectivity index (χ4v) is 15.2. The highest BCUT2D eigenvalue weighted by atomic mass is 16.8. The average Bonchev–Trinajstić information content (AvgIpc) is 0.781. The van der Waals surface area contributed by atoms with Gasteiger partial charge in [-0.15, -0.1) is 0 Å². The summed E-state index contributed by atoms with van der Waals surface area (Å²) in [6, 6.07) is -0.989. The Labute approximate surface area is 638 Å². The van der Waals surface area contributed by atoms with Crippen LogP contribution in [0.1, 0.15) is 386 Å². The molecule has 3 heterocycles. The van der Waals surface area contributed by atoms with Crippen LogP contribution in [0.15, 0.2) is 24.3 Å². The molecule has 0 aromatic heterocycles. The Kier molecular flexibility index (Phi) is 62.0. The van der Waals surface area contributed by atoms with Crippen molar-refractivity contribution in [2.75, 3.05) is 26.4 Å². The van der Waals surface area contributed by atoms with E-state index in [0.717, 1.165) is 38.5 Å². The van der Waals surface area contributed by atoms with Crippen molar-refractivity contribution in [1.29, 1.82) is 0 Å². The Hall–Kier alpha value is -1.73. The zero-order valence-electron chi connectivity index (χ0n) is 66.7. The van der Waals surface area contributed by atoms with Crippen molar-refractivity contribution < 1.29 is 89.4 Å². The van der Waals surface area contributed by atoms with Crippen LogP contribution in [0.25, 0.3) is 0 Å². The SMILES string of the molecule is CCCCCCCCCCCCCCCCCCCCCCCCCCC/C=C/CC/C=C/C(O)C(COC1OC(CO)C(OC2OC(CO)C(OC3OC(CO)C(O)C(O)C3O)C(O)C2O)C(O)C1O)NC(=O)CCCCCCCCCCCCCCCCCCCCCCCCCCCCCCC. The van der Waals surface area contributed by atoms with Crippen molar-refractivity contribution in [2.45, 2.75) is 491 Å². The van der Waals surface area contributed by atoms with Crippen LogP contribution in [0.3, 0.4) is 0 Å². The van der Waals surface area contributed by atoms with Gasteiger partial charge in [-0.2, -0.15) is 0 Å². The molecule has 3 saturated heterocycles. The molecule has 0 spiro atoms. The molecule has 0 aliphatic carbocycles. The number of hydrogen-bond acceptors (Lipinski definition) is 18. The Balaban J connectivity index is 1.35. The van der Waals surface area contributed by atoms with Crippen LogP contribution in [0.5, 0.6) is 0 Å². The minimum absolute atomic E-state index is 0.241. The van der Waals surface area contributed by atoms with Gasteiger partial charge < -0.3 is 89.9 Å². The van der Waals surface area contributed by atoms with E-state index < -0.39 is 124 Å². The van der Waals surface area contributed by atoms with Gasteiger partial charge in [0.15, 0.2) is 18.9 Å². The van der Waals surface area contributed by atoms with E-state index in [2.05, 4.69) is 31.3 Å². The molecule has 0 aromatic carbocycles. The lowest BCUT2D eigenvalue weighted by Crippen LogP contribution is -2.66. The summed E-state index contributed by atoms with van der Waals surface area (Å²) >= 11 is 0. The molecule has 3 aliphatic rings. The van der Waals surface area contributed by atoms with Gasteiger partial charge in [-0.05, 0) is 32.1 Å². The fourth-order valence-electron chi connectivity index (χ4n) is 15.2. The summed E-state index contributed by atoms with van der Waals surface area (Å²) in [6.07, 6.45) is 56.2. The van der Waals surface area contributed by atoms with Crippen molar-refractivity contribution in [3.63, 3.8) is 0 Å². The minimum atomic E-state index is -1.98. The van der Waals surface area contributed by atoms with Crippen LogP contribution < -0.4 is 5.32 Å². The summed E-state index contributed by atoms with van der Waals surface area (Å²) in [5.74, 6) is -0.276. The molecule has 3 aliphatic heterocycles. The second-order valence-electron chi connectivity index (χ2n) is 31.7. The third-order valence-corrected chi connectivity index (χ3v) is 22.3. The number of unbranched alkanes of at least 4 members (excludes halogenated alkanes) is 54. The summed E-state index contributed by atoms with van der Waals surface area (Å²) in [5, 5.41) is 121. The molecular formula is C86H163NO18. The van der Waals surface area contributed by atoms with Gasteiger partial charge in [0.25, 0.3) is 0 Å². The summed E-state index contributed by atoms with van der Waals surface area (Å²) in [5.41, 5.74) is 0. The van der Waals surface area contributed by atoms with Crippen LogP contribution in [0.2, 0.25) is 0 Å². The Bertz CT molecular complexity index is 1990. The molecule has 620 valence electrons. The van der Waals surface area contributed by atoms with E-state index in [9.17, 15) is 61.0 Å². The summed E-state index contributed by atoms with van der Waals surface area (Å²) in [4.78, 5) is 13.5. The molecule has 0 radical (unpaired) electrons. The third-order valence-electron chi connectivity index (χ3n) is 22.3. The predicted molar refractivity (Wildman–Crippen MR) is 420 cm³/mol. The van der Waals surface area contributed by atoms with Crippen LogP contribution in [-0.2, 0) is 33.2 Å². The van der Waals surface area contributed by atoms with Gasteiger partial charge >= 0.3 is 0 Å². The summed E-state index contributed by atoms with van der Waals surface area (Å²) in [6.45, 7) is 1.79. The molecule has 17 unspecified atom stereocenters. The average molecular weight is 1500 g/mol. The molecule has 17 atom stereocenters. The van der Waals surface area contributed by atoms with Crippen molar-refractivity contribution in [3.8, 4) is 0 Å². The molecule has 1 amide bonds. The second kappa shape index (κ2) is 66.8. The lowest BCUT2D eigenvalue weighted by atomic mass is 9.96. The monoisotopic (exact) mass is 1500 g/mol. The third kappa shape index (κ3) is 46.1. The molecule has 0 bridgehead atoms. The van der Waals surface area contributed by atoms with Gasteiger partial charge in [-0.3, -0.25) is 4.79 Å². The predicted octanol–water partition coefficient (Wildman–Crippen LogP) is 16.1. The molecule has 3 fully saturated rings. The van der Waals surface area contributed by atoms with Crippen LogP contribution in [0, 0.1) is 0 Å². The quantitative estimate of drug-likeness (QED) is 0.0199. The Morgan fingerprint density at radius 2 is 0.610 bits per heavy atom. The van der Waals surface area contributed by atoms with E-state index in [4.69, 9.17) is 28.4 Å². The number of carbonyl (C=O) groups excluding carboxylic acids is 1. The minimum Gasteiger partial charge on any atom is -0.394 e. The van der Waals surface area contributed by atoms with Crippen molar-refractivity contribution in [2.24, 2.45) is 0 Å². The van der Waals surface area contributed by atoms with E-state index >= 15 is 0 Å². The smallest absolute Gasteiger partial charge is 0.220 e. The maximum atomic E-state index is 13.5. The molecule has 0 saturated carbocycles. The maximum Gasteiger partial charge on any atom is 0.220 e. The number of hydrogen-bond donors (Lipinski definition) is 12. The number of aliphatic hydroxyl groups excluding tert-OH is 11. The van der Waals surface area contributed by atoms with Gasteiger partial charge in [-0.1, -0.05) is 372 Å². The second-order valence-corrected chi connectivity index (χ2v) is 31.7. The number of aliphatic hydroxyl groups is 11. The largest absolute Gasteiger partial charge is 0.394 e. The molecular weight excluding hydrogens is 1330 g/mol. The van der Waals surface area contributed by atoms with E-state index in [1.165, 1.54) is 315 Å². The highest BCUT2D eigenvalue weighted by Crippen LogP contribution is 2.34. The van der Waals surface area contributed by atoms with E-state index in [1.807, 2.05) is 6.08 Å². The van der Waals surface area contributed by atoms with Crippen LogP contribution in [0.4, 0.5) is 0 Å². The number of carbonyl (C=O) groups is 1. The first-order valence-corrected chi connectivity index (χ1v) is 44.1. The molecule has 19 nitrogen and oxygen atoms in total. The van der Waals surface area contributed by atoms with Crippen molar-refractivity contribution in [1.82, 2.24) is 5.32 Å². The van der Waals surface area contributed by atoms with Crippen molar-refractivity contribution >= 4 is 5.91 Å². The van der Waals surface area contributed by atoms with E-state index in [0.29, 0.717) is 12.8 Å². The van der Waals surface area contributed by atoms with Gasteiger partial charge in [0.1, 0.15) is 73.2 Å². The Morgan fingerprint density at radius 3 is 0.952 bits per heavy atom. The summed E-state index contributed by atoms with van der Waals surface area (Å²) in [7, 11) is 0. The molecule has 3 rings (SSSR count). The first-order valence-electron chi connectivity index (χ1n) is 44.1. The molecule has 12 N–H and O–H groups in total. The van der Waals surface area contributed by atoms with Crippen LogP contribution >= 0.6 is 0 Å². The highest BCUT2D eigenvalue weighted by Gasteiger charge is 2.54. The van der Waals surface area contributed by atoms with Gasteiger partial charge in [0.2, 0.25) is 5.91 Å². The Morgan fingerprint density at radius 1 is 0.333 bits per heavy atom. The molecule has 105 heavy (non-hydrogen) atoms. The van der Waals surface area contributed by atoms with Gasteiger partial charge in [-0.25, -0.2) is 0 Å². The lowest BCUT2D eigenvalue weighted by Gasteiger charge is -2.48. The zero-order chi connectivity index (χ0) is 76.0. The standard InChI is InChI=1S/C86H163NO18/c1-3-5-7-9-11-13-15-17-19-21-23-25-27-29-31-33-34-36-37-39-41-43-45-47-49-51-53-55-57-59-61-63-70(91)69(87-74(92)64-62-60-58-56-54-52-50-48-46-44-42-40-38-35-32-30-28-26-24-22-20-18-16-14-12-10-8-6-4-2)68-100-84-80(98)77(95)82(72(66-89)102-84)105-86-81(99)78(96)83(73(67-90)103-86)104-85-79(97)76(94)75(93)71(65-88)101-85/h53,55,61,63,69-73,75-86,88-91,93-99H,3-52,54,56-60,62,64-68H2,1-2H3,(H,87,92)/b55-53+,63-61+.